The SMILES string of the molecule is CCCC(=O)Nc1ccc(C(=O)COC(=O)C2CCN(c3ncnc4sc(C)c(C)c34)CC2)cc1. The molecule has 4 rings (SSSR count). The lowest BCUT2D eigenvalue weighted by Crippen LogP contribution is -2.37. The van der Waals surface area contributed by atoms with E-state index in [9.17, 15) is 14.4 Å². The molecule has 3 aromatic rings. The third kappa shape index (κ3) is 5.67. The van der Waals surface area contributed by atoms with Gasteiger partial charge in [-0.25, -0.2) is 9.97 Å². The van der Waals surface area contributed by atoms with Crippen LogP contribution in [0.4, 0.5) is 11.5 Å². The van der Waals surface area contributed by atoms with Crippen LogP contribution >= 0.6 is 11.3 Å². The Balaban J connectivity index is 1.28. The monoisotopic (exact) mass is 494 g/mol. The molecule has 0 saturated carbocycles. The van der Waals surface area contributed by atoms with Gasteiger partial charge < -0.3 is 15.0 Å². The van der Waals surface area contributed by atoms with Gasteiger partial charge in [-0.2, -0.15) is 0 Å². The largest absolute Gasteiger partial charge is 0.457 e. The molecule has 184 valence electrons. The van der Waals surface area contributed by atoms with Crippen molar-refractivity contribution < 1.29 is 19.1 Å². The maximum absolute atomic E-state index is 12.6. The van der Waals surface area contributed by atoms with Gasteiger partial charge in [0, 0.05) is 35.6 Å². The van der Waals surface area contributed by atoms with E-state index in [2.05, 4.69) is 34.0 Å². The summed E-state index contributed by atoms with van der Waals surface area (Å²) >= 11 is 1.67. The minimum atomic E-state index is -0.336. The molecular weight excluding hydrogens is 464 g/mol. The van der Waals surface area contributed by atoms with Crippen molar-refractivity contribution in [2.75, 3.05) is 29.9 Å². The Kier molecular flexibility index (Phi) is 7.75. The highest BCUT2D eigenvalue weighted by Gasteiger charge is 2.28. The van der Waals surface area contributed by atoms with Gasteiger partial charge in [-0.05, 0) is 62.9 Å². The van der Waals surface area contributed by atoms with E-state index in [-0.39, 0.29) is 30.2 Å². The number of thiophene rings is 1. The molecular formula is C26H30N4O4S. The fourth-order valence-electron chi connectivity index (χ4n) is 4.26. The van der Waals surface area contributed by atoms with Gasteiger partial charge in [-0.3, -0.25) is 14.4 Å². The highest BCUT2D eigenvalue weighted by atomic mass is 32.1. The zero-order valence-electron chi connectivity index (χ0n) is 20.3. The molecule has 0 radical (unpaired) electrons. The first kappa shape index (κ1) is 24.8. The number of ether oxygens (including phenoxy) is 1. The number of aromatic nitrogens is 2. The van der Waals surface area contributed by atoms with Crippen molar-refractivity contribution in [3.63, 3.8) is 0 Å². The molecule has 0 unspecified atom stereocenters. The Hall–Kier alpha value is -3.33. The Morgan fingerprint density at radius 3 is 2.51 bits per heavy atom. The number of fused-ring (bicyclic) bond motifs is 1. The summed E-state index contributed by atoms with van der Waals surface area (Å²) in [7, 11) is 0. The van der Waals surface area contributed by atoms with Crippen LogP contribution in [0.1, 0.15) is 53.4 Å². The number of rotatable bonds is 8. The van der Waals surface area contributed by atoms with Crippen LogP contribution in [0, 0.1) is 19.8 Å². The van der Waals surface area contributed by atoms with E-state index < -0.39 is 0 Å². The summed E-state index contributed by atoms with van der Waals surface area (Å²) in [6, 6.07) is 6.62. The predicted molar refractivity (Wildman–Crippen MR) is 137 cm³/mol. The number of Topliss-reactive ketones (excluding diaryl/α,β-unsaturated/α-hetero) is 1. The molecule has 0 aliphatic carbocycles. The minimum Gasteiger partial charge on any atom is -0.457 e. The van der Waals surface area contributed by atoms with Gasteiger partial charge in [0.25, 0.3) is 0 Å². The number of nitrogens with one attached hydrogen (secondary N) is 1. The highest BCUT2D eigenvalue weighted by molar-refractivity contribution is 7.18. The van der Waals surface area contributed by atoms with Crippen molar-refractivity contribution in [2.45, 2.75) is 46.5 Å². The number of benzene rings is 1. The first-order valence-electron chi connectivity index (χ1n) is 11.9. The molecule has 9 heteroatoms. The molecule has 1 N–H and O–H groups in total. The maximum atomic E-state index is 12.6. The summed E-state index contributed by atoms with van der Waals surface area (Å²) in [5.74, 6) is 0.0213. The highest BCUT2D eigenvalue weighted by Crippen LogP contribution is 2.35. The molecule has 1 saturated heterocycles. The molecule has 0 bridgehead atoms. The Morgan fingerprint density at radius 1 is 1.11 bits per heavy atom. The summed E-state index contributed by atoms with van der Waals surface area (Å²) < 4.78 is 5.36. The van der Waals surface area contributed by atoms with Crippen LogP contribution < -0.4 is 10.2 Å². The van der Waals surface area contributed by atoms with E-state index in [0.717, 1.165) is 22.5 Å². The summed E-state index contributed by atoms with van der Waals surface area (Å²) in [4.78, 5) is 50.2. The average Bonchev–Trinajstić information content (AvgIpc) is 3.16. The van der Waals surface area contributed by atoms with Gasteiger partial charge in [0.15, 0.2) is 12.4 Å². The molecule has 1 aliphatic rings. The number of hydrogen-bond acceptors (Lipinski definition) is 8. The first-order chi connectivity index (χ1) is 16.9. The second kappa shape index (κ2) is 10.9. The lowest BCUT2D eigenvalue weighted by atomic mass is 9.96. The normalized spacial score (nSPS) is 14.2. The van der Waals surface area contributed by atoms with Crippen molar-refractivity contribution in [1.82, 2.24) is 9.97 Å². The smallest absolute Gasteiger partial charge is 0.309 e. The van der Waals surface area contributed by atoms with Crippen LogP contribution in [0.25, 0.3) is 10.2 Å². The lowest BCUT2D eigenvalue weighted by molar-refractivity contribution is -0.148. The van der Waals surface area contributed by atoms with Crippen molar-refractivity contribution in [3.8, 4) is 0 Å². The Bertz CT molecular complexity index is 1230. The van der Waals surface area contributed by atoms with Gasteiger partial charge >= 0.3 is 5.97 Å². The van der Waals surface area contributed by atoms with Crippen molar-refractivity contribution in [1.29, 1.82) is 0 Å². The van der Waals surface area contributed by atoms with Crippen LogP contribution in [-0.4, -0.2) is 47.3 Å². The topological polar surface area (TPSA) is 101 Å². The number of piperidine rings is 1. The maximum Gasteiger partial charge on any atom is 0.309 e. The van der Waals surface area contributed by atoms with Crippen LogP contribution in [-0.2, 0) is 14.3 Å². The lowest BCUT2D eigenvalue weighted by Gasteiger charge is -2.32. The van der Waals surface area contributed by atoms with E-state index in [0.29, 0.717) is 43.6 Å². The number of nitrogens with zero attached hydrogens (tertiary/aromatic N) is 3. The average molecular weight is 495 g/mol. The number of hydrogen-bond donors (Lipinski definition) is 1. The number of carbonyl (C=O) groups is 3. The number of esters is 1. The number of ketones is 1. The third-order valence-electron chi connectivity index (χ3n) is 6.39. The zero-order chi connectivity index (χ0) is 24.9. The van der Waals surface area contributed by atoms with Gasteiger partial charge in [0.1, 0.15) is 17.0 Å². The van der Waals surface area contributed by atoms with Crippen LogP contribution in [0.2, 0.25) is 0 Å². The quantitative estimate of drug-likeness (QED) is 0.358. The summed E-state index contributed by atoms with van der Waals surface area (Å²) in [5, 5.41) is 3.88. The van der Waals surface area contributed by atoms with E-state index >= 15 is 0 Å². The Labute approximate surface area is 208 Å². The second-order valence-electron chi connectivity index (χ2n) is 8.83. The van der Waals surface area contributed by atoms with Crippen LogP contribution in [0.15, 0.2) is 30.6 Å². The molecule has 35 heavy (non-hydrogen) atoms. The molecule has 1 aromatic carbocycles. The van der Waals surface area contributed by atoms with Gasteiger partial charge in [-0.15, -0.1) is 11.3 Å². The van der Waals surface area contributed by atoms with Gasteiger partial charge in [0.2, 0.25) is 5.91 Å². The third-order valence-corrected chi connectivity index (χ3v) is 7.50. The number of carbonyl (C=O) groups excluding carboxylic acids is 3. The predicted octanol–water partition coefficient (Wildman–Crippen LogP) is 4.69. The number of anilines is 2. The molecule has 2 aromatic heterocycles. The number of amides is 1. The zero-order valence-corrected chi connectivity index (χ0v) is 21.1. The van der Waals surface area contributed by atoms with Gasteiger partial charge in [0.05, 0.1) is 11.3 Å². The van der Waals surface area contributed by atoms with Crippen LogP contribution in [0.5, 0.6) is 0 Å². The summed E-state index contributed by atoms with van der Waals surface area (Å²) in [6.45, 7) is 7.22. The van der Waals surface area contributed by atoms with Crippen molar-refractivity contribution in [2.24, 2.45) is 5.92 Å². The molecule has 3 heterocycles. The molecule has 0 atom stereocenters. The first-order valence-corrected chi connectivity index (χ1v) is 12.7. The number of aryl methyl sites for hydroxylation is 2. The fourth-order valence-corrected chi connectivity index (χ4v) is 5.25. The second-order valence-corrected chi connectivity index (χ2v) is 10.0. The standard InChI is InChI=1S/C26H30N4O4S/c1-4-5-22(32)29-20-8-6-18(7-9-20)21(31)14-34-26(33)19-10-12-30(13-11-19)24-23-16(2)17(3)35-25(23)28-15-27-24/h6-9,15,19H,4-5,10-14H2,1-3H3,(H,29,32). The van der Waals surface area contributed by atoms with Crippen molar-refractivity contribution >= 4 is 50.7 Å². The molecule has 1 fully saturated rings. The summed E-state index contributed by atoms with van der Waals surface area (Å²) in [6.07, 6.45) is 4.11. The Morgan fingerprint density at radius 2 is 1.83 bits per heavy atom. The molecule has 1 amide bonds. The van der Waals surface area contributed by atoms with Gasteiger partial charge in [-0.1, -0.05) is 6.92 Å². The van der Waals surface area contributed by atoms with E-state index in [1.807, 2.05) is 6.92 Å². The van der Waals surface area contributed by atoms with E-state index in [1.54, 1.807) is 41.9 Å². The summed E-state index contributed by atoms with van der Waals surface area (Å²) in [5.41, 5.74) is 2.28. The van der Waals surface area contributed by atoms with E-state index in [4.69, 9.17) is 4.74 Å². The minimum absolute atomic E-state index is 0.0590. The fraction of sp³-hybridized carbons (Fsp3) is 0.423. The van der Waals surface area contributed by atoms with Crippen LogP contribution in [0.3, 0.4) is 0 Å². The van der Waals surface area contributed by atoms with Crippen molar-refractivity contribution in [3.05, 3.63) is 46.6 Å². The molecule has 8 nitrogen and oxygen atoms in total. The molecule has 0 spiro atoms. The van der Waals surface area contributed by atoms with E-state index in [1.165, 1.54) is 10.4 Å². The molecule has 1 aliphatic heterocycles.